The zero-order valence-corrected chi connectivity index (χ0v) is 15.5. The molecule has 0 bridgehead atoms. The Bertz CT molecular complexity index is 774. The van der Waals surface area contributed by atoms with Gasteiger partial charge in [-0.1, -0.05) is 12.1 Å². The van der Waals surface area contributed by atoms with E-state index in [0.29, 0.717) is 0 Å². The van der Waals surface area contributed by atoms with Crippen molar-refractivity contribution >= 4 is 31.7 Å². The molecule has 0 aliphatic rings. The van der Waals surface area contributed by atoms with Crippen molar-refractivity contribution in [2.24, 2.45) is 0 Å². The van der Waals surface area contributed by atoms with Gasteiger partial charge in [0.25, 0.3) is 0 Å². The number of hydrogen-bond donors (Lipinski definition) is 1. The molecule has 1 aromatic rings. The Kier molecular flexibility index (Phi) is 7.18. The molecule has 0 aliphatic carbocycles. The van der Waals surface area contributed by atoms with Crippen LogP contribution < -0.4 is 9.03 Å². The van der Waals surface area contributed by atoms with Crippen molar-refractivity contribution in [2.45, 2.75) is 13.8 Å². The lowest BCUT2D eigenvalue weighted by molar-refractivity contribution is 0.0527. The average Bonchev–Trinajstić information content (AvgIpc) is 2.50. The van der Waals surface area contributed by atoms with E-state index in [1.165, 1.54) is 19.1 Å². The lowest BCUT2D eigenvalue weighted by Gasteiger charge is -2.24. The van der Waals surface area contributed by atoms with Crippen LogP contribution in [-0.2, 0) is 24.8 Å². The predicted molar refractivity (Wildman–Crippen MR) is 92.1 cm³/mol. The highest BCUT2D eigenvalue weighted by Gasteiger charge is 2.23. The fourth-order valence-electron chi connectivity index (χ4n) is 1.94. The Morgan fingerprint density at radius 2 is 1.79 bits per heavy atom. The van der Waals surface area contributed by atoms with E-state index in [-0.39, 0.29) is 36.7 Å². The van der Waals surface area contributed by atoms with Crippen LogP contribution >= 0.6 is 0 Å². The molecular weight excluding hydrogens is 356 g/mol. The zero-order valence-electron chi connectivity index (χ0n) is 13.9. The topological polar surface area (TPSA) is 110 Å². The number of anilines is 1. The van der Waals surface area contributed by atoms with Gasteiger partial charge in [0.15, 0.2) is 0 Å². The summed E-state index contributed by atoms with van der Waals surface area (Å²) in [5.74, 6) is -0.749. The second-order valence-electron chi connectivity index (χ2n) is 4.87. The maximum Gasteiger partial charge on any atom is 0.340 e. The summed E-state index contributed by atoms with van der Waals surface area (Å²) < 4.78 is 55.3. The van der Waals surface area contributed by atoms with Crippen LogP contribution in [0.1, 0.15) is 24.2 Å². The Morgan fingerprint density at radius 1 is 1.17 bits per heavy atom. The number of rotatable bonds is 9. The van der Waals surface area contributed by atoms with Crippen molar-refractivity contribution in [3.05, 3.63) is 29.8 Å². The third kappa shape index (κ3) is 5.77. The zero-order chi connectivity index (χ0) is 18.4. The first-order chi connectivity index (χ1) is 11.1. The van der Waals surface area contributed by atoms with Crippen molar-refractivity contribution in [2.75, 3.05) is 36.0 Å². The fraction of sp³-hybridized carbons (Fsp3) is 0.500. The van der Waals surface area contributed by atoms with E-state index < -0.39 is 26.0 Å². The van der Waals surface area contributed by atoms with Gasteiger partial charge in [-0.25, -0.2) is 26.4 Å². The Labute approximate surface area is 142 Å². The van der Waals surface area contributed by atoms with Crippen LogP contribution in [0.2, 0.25) is 0 Å². The van der Waals surface area contributed by atoms with Crippen LogP contribution in [0.15, 0.2) is 24.3 Å². The van der Waals surface area contributed by atoms with Crippen molar-refractivity contribution in [1.29, 1.82) is 0 Å². The fourth-order valence-corrected chi connectivity index (χ4v) is 3.49. The number of ether oxygens (including phenoxy) is 1. The molecule has 24 heavy (non-hydrogen) atoms. The normalized spacial score (nSPS) is 12.0. The standard InChI is InChI=1S/C14H22N2O6S2/c1-4-22-14(17)12-8-6-7-9-13(12)16(23(3,18)19)11-10-15-24(20,21)5-2/h6-9,15H,4-5,10-11H2,1-3H3. The Hall–Kier alpha value is -1.65. The Morgan fingerprint density at radius 3 is 2.33 bits per heavy atom. The first-order valence-corrected chi connectivity index (χ1v) is 10.8. The lowest BCUT2D eigenvalue weighted by Crippen LogP contribution is -2.39. The van der Waals surface area contributed by atoms with Gasteiger partial charge in [-0.3, -0.25) is 4.31 Å². The summed E-state index contributed by atoms with van der Waals surface area (Å²) >= 11 is 0. The van der Waals surface area contributed by atoms with Gasteiger partial charge in [0.05, 0.1) is 29.9 Å². The summed E-state index contributed by atoms with van der Waals surface area (Å²) in [5.41, 5.74) is 0.247. The van der Waals surface area contributed by atoms with Gasteiger partial charge >= 0.3 is 5.97 Å². The summed E-state index contributed by atoms with van der Waals surface area (Å²) in [4.78, 5) is 12.0. The van der Waals surface area contributed by atoms with E-state index >= 15 is 0 Å². The summed E-state index contributed by atoms with van der Waals surface area (Å²) in [6.07, 6.45) is 0.989. The quantitative estimate of drug-likeness (QED) is 0.629. The molecule has 0 saturated heterocycles. The number of esters is 1. The predicted octanol–water partition coefficient (Wildman–Crippen LogP) is 0.569. The SMILES string of the molecule is CCOC(=O)c1ccccc1N(CCNS(=O)(=O)CC)S(C)(=O)=O. The van der Waals surface area contributed by atoms with Gasteiger partial charge in [0.2, 0.25) is 20.0 Å². The number of carbonyl (C=O) groups is 1. The van der Waals surface area contributed by atoms with Crippen LogP contribution in [0.3, 0.4) is 0 Å². The average molecular weight is 378 g/mol. The lowest BCUT2D eigenvalue weighted by atomic mass is 10.2. The van der Waals surface area contributed by atoms with Gasteiger partial charge in [0.1, 0.15) is 0 Å². The molecule has 1 N–H and O–H groups in total. The maximum absolute atomic E-state index is 12.1. The molecule has 0 heterocycles. The number of carbonyl (C=O) groups excluding carboxylic acids is 1. The minimum Gasteiger partial charge on any atom is -0.462 e. The minimum atomic E-state index is -3.72. The van der Waals surface area contributed by atoms with E-state index in [1.807, 2.05) is 0 Å². The third-order valence-corrected chi connectivity index (χ3v) is 5.67. The highest BCUT2D eigenvalue weighted by molar-refractivity contribution is 7.92. The van der Waals surface area contributed by atoms with E-state index in [4.69, 9.17) is 4.74 Å². The molecule has 136 valence electrons. The molecule has 0 amide bonds. The first-order valence-electron chi connectivity index (χ1n) is 7.33. The molecule has 8 nitrogen and oxygen atoms in total. The van der Waals surface area contributed by atoms with E-state index in [0.717, 1.165) is 10.6 Å². The van der Waals surface area contributed by atoms with Crippen LogP contribution in [0.4, 0.5) is 5.69 Å². The first kappa shape index (κ1) is 20.4. The van der Waals surface area contributed by atoms with Crippen LogP contribution in [-0.4, -0.2) is 54.5 Å². The van der Waals surface area contributed by atoms with E-state index in [9.17, 15) is 21.6 Å². The molecule has 0 aliphatic heterocycles. The molecule has 0 fully saturated rings. The van der Waals surface area contributed by atoms with E-state index in [1.54, 1.807) is 19.1 Å². The number of hydrogen-bond acceptors (Lipinski definition) is 6. The van der Waals surface area contributed by atoms with Crippen LogP contribution in [0.5, 0.6) is 0 Å². The smallest absolute Gasteiger partial charge is 0.340 e. The van der Waals surface area contributed by atoms with Crippen LogP contribution in [0.25, 0.3) is 0 Å². The number of benzene rings is 1. The largest absolute Gasteiger partial charge is 0.462 e. The molecule has 0 radical (unpaired) electrons. The molecular formula is C14H22N2O6S2. The van der Waals surface area contributed by atoms with Crippen molar-refractivity contribution < 1.29 is 26.4 Å². The second-order valence-corrected chi connectivity index (χ2v) is 8.87. The van der Waals surface area contributed by atoms with Crippen LogP contribution in [0, 0.1) is 0 Å². The van der Waals surface area contributed by atoms with Gasteiger partial charge in [-0.05, 0) is 26.0 Å². The monoisotopic (exact) mass is 378 g/mol. The van der Waals surface area contributed by atoms with Crippen molar-refractivity contribution in [1.82, 2.24) is 4.72 Å². The maximum atomic E-state index is 12.1. The van der Waals surface area contributed by atoms with Crippen molar-refractivity contribution in [3.8, 4) is 0 Å². The van der Waals surface area contributed by atoms with E-state index in [2.05, 4.69) is 4.72 Å². The second kappa shape index (κ2) is 8.45. The van der Waals surface area contributed by atoms with Crippen molar-refractivity contribution in [3.63, 3.8) is 0 Å². The highest BCUT2D eigenvalue weighted by atomic mass is 32.2. The molecule has 1 aromatic carbocycles. The molecule has 0 spiro atoms. The number of nitrogens with zero attached hydrogens (tertiary/aromatic N) is 1. The molecule has 10 heteroatoms. The van der Waals surface area contributed by atoms with Gasteiger partial charge < -0.3 is 4.74 Å². The molecule has 0 unspecified atom stereocenters. The molecule has 0 saturated carbocycles. The minimum absolute atomic E-state index is 0.100. The summed E-state index contributed by atoms with van der Waals surface area (Å²) in [7, 11) is -7.16. The highest BCUT2D eigenvalue weighted by Crippen LogP contribution is 2.23. The third-order valence-electron chi connectivity index (χ3n) is 3.09. The van der Waals surface area contributed by atoms with Gasteiger partial charge in [0, 0.05) is 13.1 Å². The number of para-hydroxylation sites is 1. The Balaban J connectivity index is 3.13. The number of sulfonamides is 2. The summed E-state index contributed by atoms with van der Waals surface area (Å²) in [6, 6.07) is 6.12. The molecule has 0 atom stereocenters. The summed E-state index contributed by atoms with van der Waals surface area (Å²) in [5, 5.41) is 0. The number of nitrogens with one attached hydrogen (secondary N) is 1. The van der Waals surface area contributed by atoms with Gasteiger partial charge in [-0.2, -0.15) is 0 Å². The molecule has 1 rings (SSSR count). The summed E-state index contributed by atoms with van der Waals surface area (Å²) in [6.45, 7) is 3.03. The molecule has 0 aromatic heterocycles. The van der Waals surface area contributed by atoms with Gasteiger partial charge in [-0.15, -0.1) is 0 Å².